The number of rotatable bonds is 4. The van der Waals surface area contributed by atoms with Crippen molar-refractivity contribution in [1.29, 1.82) is 0 Å². The van der Waals surface area contributed by atoms with E-state index in [4.69, 9.17) is 0 Å². The molecule has 0 aromatic carbocycles. The van der Waals surface area contributed by atoms with Crippen molar-refractivity contribution in [3.05, 3.63) is 57.0 Å². The average Bonchev–Trinajstić information content (AvgIpc) is 3.04. The molecule has 1 aliphatic rings. The molecule has 1 aliphatic heterocycles. The fourth-order valence-electron chi connectivity index (χ4n) is 3.36. The second kappa shape index (κ2) is 7.37. The minimum atomic E-state index is -0.378. The molecule has 0 spiro atoms. The van der Waals surface area contributed by atoms with E-state index in [-0.39, 0.29) is 23.1 Å². The van der Waals surface area contributed by atoms with Gasteiger partial charge in [-0.1, -0.05) is 0 Å². The van der Waals surface area contributed by atoms with Gasteiger partial charge in [0.1, 0.15) is 11.4 Å². The molecule has 26 heavy (non-hydrogen) atoms. The van der Waals surface area contributed by atoms with Gasteiger partial charge in [-0.05, 0) is 52.4 Å². The van der Waals surface area contributed by atoms with E-state index in [1.165, 1.54) is 4.57 Å². The molecule has 7 nitrogen and oxygen atoms in total. The Morgan fingerprint density at radius 3 is 2.77 bits per heavy atom. The van der Waals surface area contributed by atoms with E-state index >= 15 is 0 Å². The number of hydrogen-bond donors (Lipinski definition) is 1. The molecule has 1 atom stereocenters. The van der Waals surface area contributed by atoms with Crippen LogP contribution in [-0.2, 0) is 13.6 Å². The van der Waals surface area contributed by atoms with Crippen molar-refractivity contribution in [2.45, 2.75) is 39.3 Å². The molecule has 0 radical (unpaired) electrons. The van der Waals surface area contributed by atoms with Crippen molar-refractivity contribution < 1.29 is 4.79 Å². The van der Waals surface area contributed by atoms with Gasteiger partial charge in [0.15, 0.2) is 0 Å². The Bertz CT molecular complexity index is 890. The summed E-state index contributed by atoms with van der Waals surface area (Å²) in [6.07, 6.45) is 3.96. The molecule has 0 aliphatic carbocycles. The summed E-state index contributed by atoms with van der Waals surface area (Å²) in [4.78, 5) is 36.0. The number of amides is 1. The van der Waals surface area contributed by atoms with E-state index in [0.29, 0.717) is 6.54 Å². The predicted molar refractivity (Wildman–Crippen MR) is 99.0 cm³/mol. The molecule has 1 amide bonds. The summed E-state index contributed by atoms with van der Waals surface area (Å²) in [7, 11) is 3.75. The highest BCUT2D eigenvalue weighted by Crippen LogP contribution is 2.30. The zero-order valence-electron chi connectivity index (χ0n) is 15.7. The largest absolute Gasteiger partial charge is 0.348 e. The Morgan fingerprint density at radius 1 is 1.31 bits per heavy atom. The van der Waals surface area contributed by atoms with Crippen LogP contribution < -0.4 is 10.9 Å². The molecule has 7 heteroatoms. The van der Waals surface area contributed by atoms with Gasteiger partial charge in [0.2, 0.25) is 0 Å². The van der Waals surface area contributed by atoms with Crippen molar-refractivity contribution in [1.82, 2.24) is 24.8 Å². The normalized spacial score (nSPS) is 17.5. The lowest BCUT2D eigenvalue weighted by atomic mass is 10.1. The molecule has 1 N–H and O–H groups in total. The van der Waals surface area contributed by atoms with Gasteiger partial charge < -0.3 is 9.88 Å². The highest BCUT2D eigenvalue weighted by molar-refractivity contribution is 5.93. The number of carbonyl (C=O) groups excluding carboxylic acids is 1. The minimum Gasteiger partial charge on any atom is -0.348 e. The molecule has 3 heterocycles. The van der Waals surface area contributed by atoms with Crippen LogP contribution in [0.5, 0.6) is 0 Å². The van der Waals surface area contributed by atoms with Crippen molar-refractivity contribution in [2.75, 3.05) is 13.6 Å². The topological polar surface area (TPSA) is 80.1 Å². The fourth-order valence-corrected chi connectivity index (χ4v) is 3.36. The van der Waals surface area contributed by atoms with Crippen molar-refractivity contribution >= 4 is 5.91 Å². The van der Waals surface area contributed by atoms with Crippen LogP contribution in [0.1, 0.15) is 52.0 Å². The molecule has 0 saturated carbocycles. The molecule has 1 fully saturated rings. The van der Waals surface area contributed by atoms with Crippen LogP contribution >= 0.6 is 0 Å². The smallest absolute Gasteiger partial charge is 0.263 e. The summed E-state index contributed by atoms with van der Waals surface area (Å²) in [5, 5.41) is 2.85. The first-order valence-corrected chi connectivity index (χ1v) is 8.86. The SMILES string of the molecule is Cc1ncc(CNC(=O)c2ccc(C)n(C)c2=O)c([C@@H]2CCCN2C)n1. The maximum absolute atomic E-state index is 12.5. The Hall–Kier alpha value is -2.54. The van der Waals surface area contributed by atoms with Gasteiger partial charge in [-0.2, -0.15) is 0 Å². The number of carbonyl (C=O) groups is 1. The van der Waals surface area contributed by atoms with Crippen LogP contribution in [0.3, 0.4) is 0 Å². The highest BCUT2D eigenvalue weighted by atomic mass is 16.2. The molecule has 0 unspecified atom stereocenters. The Balaban J connectivity index is 1.81. The lowest BCUT2D eigenvalue weighted by Gasteiger charge is -2.21. The van der Waals surface area contributed by atoms with Gasteiger partial charge in [0.25, 0.3) is 11.5 Å². The van der Waals surface area contributed by atoms with Crippen molar-refractivity contribution in [2.24, 2.45) is 7.05 Å². The molecule has 0 bridgehead atoms. The molecule has 3 rings (SSSR count). The number of aromatic nitrogens is 3. The monoisotopic (exact) mass is 355 g/mol. The maximum Gasteiger partial charge on any atom is 0.263 e. The van der Waals surface area contributed by atoms with E-state index < -0.39 is 0 Å². The number of likely N-dealkylation sites (tertiary alicyclic amines) is 1. The van der Waals surface area contributed by atoms with Crippen LogP contribution in [0.25, 0.3) is 0 Å². The van der Waals surface area contributed by atoms with Crippen LogP contribution in [0.2, 0.25) is 0 Å². The minimum absolute atomic E-state index is 0.144. The Labute approximate surface area is 153 Å². The van der Waals surface area contributed by atoms with Gasteiger partial charge in [-0.25, -0.2) is 9.97 Å². The van der Waals surface area contributed by atoms with Gasteiger partial charge >= 0.3 is 0 Å². The Kier molecular flexibility index (Phi) is 5.18. The highest BCUT2D eigenvalue weighted by Gasteiger charge is 2.26. The van der Waals surface area contributed by atoms with E-state index in [1.54, 1.807) is 25.4 Å². The number of pyridine rings is 1. The van der Waals surface area contributed by atoms with Crippen LogP contribution in [0, 0.1) is 13.8 Å². The number of nitrogens with zero attached hydrogens (tertiary/aromatic N) is 4. The summed E-state index contributed by atoms with van der Waals surface area (Å²) in [6, 6.07) is 3.59. The van der Waals surface area contributed by atoms with Crippen LogP contribution in [-0.4, -0.2) is 38.9 Å². The first-order valence-electron chi connectivity index (χ1n) is 8.86. The molecule has 138 valence electrons. The third-order valence-corrected chi connectivity index (χ3v) is 5.09. The number of aryl methyl sites for hydroxylation is 2. The van der Waals surface area contributed by atoms with Crippen LogP contribution in [0.15, 0.2) is 23.1 Å². The van der Waals surface area contributed by atoms with Crippen molar-refractivity contribution in [3.8, 4) is 0 Å². The average molecular weight is 355 g/mol. The van der Waals surface area contributed by atoms with Crippen molar-refractivity contribution in [3.63, 3.8) is 0 Å². The van der Waals surface area contributed by atoms with Gasteiger partial charge in [0, 0.05) is 31.0 Å². The van der Waals surface area contributed by atoms with Gasteiger partial charge in [0.05, 0.1) is 11.7 Å². The standard InChI is InChI=1S/C19H25N5O2/c1-12-7-8-15(19(26)24(12)4)18(25)21-11-14-10-20-13(2)22-17(14)16-6-5-9-23(16)3/h7-8,10,16H,5-6,9,11H2,1-4H3,(H,21,25)/t16-/m0/s1. The zero-order valence-corrected chi connectivity index (χ0v) is 15.7. The predicted octanol–water partition coefficient (Wildman–Crippen LogP) is 1.49. The lowest BCUT2D eigenvalue weighted by molar-refractivity contribution is 0.0948. The van der Waals surface area contributed by atoms with E-state index in [2.05, 4.69) is 27.2 Å². The lowest BCUT2D eigenvalue weighted by Crippen LogP contribution is -2.33. The third kappa shape index (κ3) is 3.53. The maximum atomic E-state index is 12.5. The summed E-state index contributed by atoms with van der Waals surface area (Å²) < 4.78 is 1.48. The summed E-state index contributed by atoms with van der Waals surface area (Å²) in [6.45, 7) is 5.04. The van der Waals surface area contributed by atoms with Gasteiger partial charge in [-0.3, -0.25) is 14.5 Å². The third-order valence-electron chi connectivity index (χ3n) is 5.09. The second-order valence-corrected chi connectivity index (χ2v) is 6.90. The second-order valence-electron chi connectivity index (χ2n) is 6.90. The Morgan fingerprint density at radius 2 is 2.08 bits per heavy atom. The molecule has 2 aromatic heterocycles. The molecule has 2 aromatic rings. The van der Waals surface area contributed by atoms with E-state index in [1.807, 2.05) is 13.8 Å². The number of nitrogens with one attached hydrogen (secondary N) is 1. The van der Waals surface area contributed by atoms with E-state index in [0.717, 1.165) is 42.2 Å². The summed E-state index contributed by atoms with van der Waals surface area (Å²) >= 11 is 0. The van der Waals surface area contributed by atoms with E-state index in [9.17, 15) is 9.59 Å². The fraction of sp³-hybridized carbons (Fsp3) is 0.474. The first kappa shape index (κ1) is 18.3. The molecular formula is C19H25N5O2. The summed E-state index contributed by atoms with van der Waals surface area (Å²) in [5.74, 6) is 0.347. The molecule has 1 saturated heterocycles. The quantitative estimate of drug-likeness (QED) is 0.899. The summed E-state index contributed by atoms with van der Waals surface area (Å²) in [5.41, 5.74) is 2.52. The number of hydrogen-bond acceptors (Lipinski definition) is 5. The van der Waals surface area contributed by atoms with Gasteiger partial charge in [-0.15, -0.1) is 0 Å². The zero-order chi connectivity index (χ0) is 18.8. The van der Waals surface area contributed by atoms with Crippen LogP contribution in [0.4, 0.5) is 0 Å². The molecular weight excluding hydrogens is 330 g/mol. The first-order chi connectivity index (χ1) is 12.4.